The van der Waals surface area contributed by atoms with Gasteiger partial charge in [0.1, 0.15) is 6.66 Å². The highest BCUT2D eigenvalue weighted by atomic mass is 31.1. The van der Waals surface area contributed by atoms with E-state index >= 15 is 0 Å². The Kier molecular flexibility index (Phi) is 2.94. The average molecular weight is 215 g/mol. The smallest absolute Gasteiger partial charge is 0.0684 e. The average Bonchev–Trinajstić information content (AvgIpc) is 2.30. The molecule has 0 radical (unpaired) electrons. The highest BCUT2D eigenvalue weighted by molar-refractivity contribution is 7.53. The molecule has 0 saturated carbocycles. The summed E-state index contributed by atoms with van der Waals surface area (Å²) < 4.78 is 11.6. The van der Waals surface area contributed by atoms with Crippen molar-refractivity contribution in [3.63, 3.8) is 0 Å². The van der Waals surface area contributed by atoms with Crippen LogP contribution in [0.2, 0.25) is 0 Å². The molecule has 1 unspecified atom stereocenters. The fourth-order valence-electron chi connectivity index (χ4n) is 1.61. The van der Waals surface area contributed by atoms with Gasteiger partial charge in [0.05, 0.1) is 0 Å². The Labute approximate surface area is 90.6 Å². The molecule has 0 aliphatic rings. The van der Waals surface area contributed by atoms with Crippen LogP contribution >= 0.6 is 7.80 Å². The van der Waals surface area contributed by atoms with E-state index in [1.807, 2.05) is 54.6 Å². The third-order valence-electron chi connectivity index (χ3n) is 2.33. The van der Waals surface area contributed by atoms with Crippen LogP contribution in [0, 0.1) is 0 Å². The third kappa shape index (κ3) is 2.14. The summed E-state index contributed by atoms with van der Waals surface area (Å²) in [6.45, 7) is 1.75. The fourth-order valence-corrected chi connectivity index (χ4v) is 2.45. The van der Waals surface area contributed by atoms with Crippen molar-refractivity contribution in [2.75, 3.05) is 6.66 Å². The molecule has 0 aromatic heterocycles. The first-order chi connectivity index (χ1) is 7.29. The minimum Gasteiger partial charge on any atom is -0.0684 e. The van der Waals surface area contributed by atoms with Gasteiger partial charge in [-0.1, -0.05) is 47.0 Å². The molecule has 0 heterocycles. The zero-order valence-corrected chi connectivity index (χ0v) is 9.45. The zero-order valence-electron chi connectivity index (χ0n) is 8.55. The molecule has 2 aromatic rings. The van der Waals surface area contributed by atoms with Crippen LogP contribution < -0.4 is 5.30 Å². The molecule has 0 spiro atoms. The van der Waals surface area contributed by atoms with Gasteiger partial charge in [-0.25, -0.2) is 0 Å². The van der Waals surface area contributed by atoms with Crippen LogP contribution in [0.1, 0.15) is 0 Å². The van der Waals surface area contributed by atoms with Crippen molar-refractivity contribution in [2.45, 2.75) is 0 Å². The number of benzene rings is 2. The van der Waals surface area contributed by atoms with E-state index in [0.29, 0.717) is 0 Å². The first kappa shape index (κ1) is 10.1. The second kappa shape index (κ2) is 4.37. The molecule has 1 nitrogen and oxygen atoms in total. The van der Waals surface area contributed by atoms with Crippen LogP contribution in [0.15, 0.2) is 54.6 Å². The van der Waals surface area contributed by atoms with E-state index in [4.69, 9.17) is 0 Å². The highest BCUT2D eigenvalue weighted by Gasteiger charge is 2.17. The summed E-state index contributed by atoms with van der Waals surface area (Å²) in [5.74, 6) is 0. The summed E-state index contributed by atoms with van der Waals surface area (Å²) in [4.78, 5) is 0. The summed E-state index contributed by atoms with van der Waals surface area (Å²) in [7, 11) is -1.29. The number of hydrogen-bond acceptors (Lipinski definition) is 1. The minimum absolute atomic E-state index is 0.929. The Bertz CT molecular complexity index is 477. The predicted octanol–water partition coefficient (Wildman–Crippen LogP) is 3.44. The zero-order chi connectivity index (χ0) is 10.7. The Morgan fingerprint density at radius 1 is 0.867 bits per heavy atom. The maximum Gasteiger partial charge on any atom is 0.374 e. The molecular weight excluding hydrogens is 203 g/mol. The summed E-state index contributed by atoms with van der Waals surface area (Å²) in [5.41, 5.74) is 2.19. The molecule has 0 N–H and O–H groups in total. The summed E-state index contributed by atoms with van der Waals surface area (Å²) >= 11 is 0. The van der Waals surface area contributed by atoms with Gasteiger partial charge in [-0.05, 0) is 17.7 Å². The second-order valence-electron chi connectivity index (χ2n) is 3.38. The maximum absolute atomic E-state index is 11.6. The Hall–Kier alpha value is -1.46. The topological polar surface area (TPSA) is 17.1 Å². The normalized spacial score (nSPS) is 11.1. The van der Waals surface area contributed by atoms with Gasteiger partial charge in [-0.2, -0.15) is 0 Å². The first-order valence-electron chi connectivity index (χ1n) is 4.84. The van der Waals surface area contributed by atoms with Crippen molar-refractivity contribution in [1.29, 1.82) is 0 Å². The SMILES string of the molecule is C[P+](=O)c1ccccc1-c1ccccc1. The fraction of sp³-hybridized carbons (Fsp3) is 0.0769. The van der Waals surface area contributed by atoms with Gasteiger partial charge in [-0.3, -0.25) is 0 Å². The van der Waals surface area contributed by atoms with Crippen molar-refractivity contribution in [2.24, 2.45) is 0 Å². The first-order valence-corrected chi connectivity index (χ1v) is 6.55. The van der Waals surface area contributed by atoms with Crippen molar-refractivity contribution in [1.82, 2.24) is 0 Å². The van der Waals surface area contributed by atoms with E-state index in [-0.39, 0.29) is 0 Å². The van der Waals surface area contributed by atoms with Crippen LogP contribution in [0.5, 0.6) is 0 Å². The Morgan fingerprint density at radius 3 is 2.13 bits per heavy atom. The quantitative estimate of drug-likeness (QED) is 0.701. The van der Waals surface area contributed by atoms with Crippen LogP contribution in [0.3, 0.4) is 0 Å². The highest BCUT2D eigenvalue weighted by Crippen LogP contribution is 2.24. The van der Waals surface area contributed by atoms with E-state index in [1.54, 1.807) is 6.66 Å². The lowest BCUT2D eigenvalue weighted by Gasteiger charge is -2.00. The van der Waals surface area contributed by atoms with Gasteiger partial charge in [0.25, 0.3) is 0 Å². The standard InChI is InChI=1S/C13H12OP/c1-15(14)13-10-6-5-9-12(13)11-7-3-2-4-8-11/h2-10H,1H3/q+1. The molecule has 0 aliphatic carbocycles. The van der Waals surface area contributed by atoms with Crippen LogP contribution in [0.4, 0.5) is 0 Å². The molecule has 74 valence electrons. The number of hydrogen-bond donors (Lipinski definition) is 0. The molecule has 2 heteroatoms. The van der Waals surface area contributed by atoms with Gasteiger partial charge in [0, 0.05) is 5.56 Å². The van der Waals surface area contributed by atoms with Crippen molar-refractivity contribution in [3.05, 3.63) is 54.6 Å². The molecule has 0 bridgehead atoms. The van der Waals surface area contributed by atoms with Gasteiger partial charge < -0.3 is 0 Å². The molecule has 0 amide bonds. The molecule has 0 saturated heterocycles. The van der Waals surface area contributed by atoms with E-state index in [2.05, 4.69) is 0 Å². The lowest BCUT2D eigenvalue weighted by atomic mass is 10.1. The predicted molar refractivity (Wildman–Crippen MR) is 65.0 cm³/mol. The van der Waals surface area contributed by atoms with Crippen molar-refractivity contribution >= 4 is 13.1 Å². The molecule has 0 fully saturated rings. The minimum atomic E-state index is -1.29. The third-order valence-corrected chi connectivity index (χ3v) is 3.40. The Balaban J connectivity index is 2.58. The monoisotopic (exact) mass is 215 g/mol. The molecule has 0 aliphatic heterocycles. The van der Waals surface area contributed by atoms with Crippen LogP contribution in [0.25, 0.3) is 11.1 Å². The van der Waals surface area contributed by atoms with Gasteiger partial charge in [-0.15, -0.1) is 0 Å². The molecule has 1 atom stereocenters. The molecule has 2 rings (SSSR count). The van der Waals surface area contributed by atoms with Crippen molar-refractivity contribution in [3.8, 4) is 11.1 Å². The van der Waals surface area contributed by atoms with E-state index in [1.165, 1.54) is 0 Å². The van der Waals surface area contributed by atoms with E-state index in [9.17, 15) is 4.57 Å². The number of rotatable bonds is 2. The van der Waals surface area contributed by atoms with Crippen molar-refractivity contribution < 1.29 is 4.57 Å². The summed E-state index contributed by atoms with van der Waals surface area (Å²) in [6.07, 6.45) is 0. The van der Waals surface area contributed by atoms with E-state index < -0.39 is 7.80 Å². The maximum atomic E-state index is 11.6. The lowest BCUT2D eigenvalue weighted by Crippen LogP contribution is -1.99. The molecule has 15 heavy (non-hydrogen) atoms. The van der Waals surface area contributed by atoms with Gasteiger partial charge in [0.15, 0.2) is 5.30 Å². The van der Waals surface area contributed by atoms with Gasteiger partial charge in [0.2, 0.25) is 0 Å². The Morgan fingerprint density at radius 2 is 1.47 bits per heavy atom. The lowest BCUT2D eigenvalue weighted by molar-refractivity contribution is 0.596. The molecule has 2 aromatic carbocycles. The van der Waals surface area contributed by atoms with Crippen LogP contribution in [-0.4, -0.2) is 6.66 Å². The summed E-state index contributed by atoms with van der Waals surface area (Å²) in [6, 6.07) is 17.9. The largest absolute Gasteiger partial charge is 0.374 e. The van der Waals surface area contributed by atoms with Gasteiger partial charge >= 0.3 is 7.80 Å². The molecular formula is C13H12OP+. The summed E-state index contributed by atoms with van der Waals surface area (Å²) in [5, 5.41) is 0.929. The van der Waals surface area contributed by atoms with Crippen LogP contribution in [-0.2, 0) is 4.57 Å². The van der Waals surface area contributed by atoms with E-state index in [0.717, 1.165) is 16.4 Å². The second-order valence-corrected chi connectivity index (χ2v) is 4.86.